The third-order valence-electron chi connectivity index (χ3n) is 4.28. The topological polar surface area (TPSA) is 75.9 Å². The minimum absolute atomic E-state index is 0.258. The van der Waals surface area contributed by atoms with Crippen molar-refractivity contribution >= 4 is 28.9 Å². The number of rotatable bonds is 5. The van der Waals surface area contributed by atoms with Gasteiger partial charge >= 0.3 is 5.69 Å². The van der Waals surface area contributed by atoms with Crippen LogP contribution in [0.5, 0.6) is 5.75 Å². The summed E-state index contributed by atoms with van der Waals surface area (Å²) < 4.78 is 18.5. The third-order valence-corrected chi connectivity index (χ3v) is 4.51. The second kappa shape index (κ2) is 8.22. The summed E-state index contributed by atoms with van der Waals surface area (Å²) in [5, 5.41) is 11.6. The molecule has 0 aromatic heterocycles. The Morgan fingerprint density at radius 1 is 1.19 bits per heavy atom. The highest BCUT2D eigenvalue weighted by Crippen LogP contribution is 2.27. The average Bonchev–Trinajstić information content (AvgIpc) is 2.66. The van der Waals surface area contributed by atoms with Crippen molar-refractivity contribution in [2.24, 2.45) is 0 Å². The Morgan fingerprint density at radius 3 is 2.59 bits per heavy atom. The van der Waals surface area contributed by atoms with Gasteiger partial charge in [0, 0.05) is 49.0 Å². The zero-order valence-electron chi connectivity index (χ0n) is 14.3. The maximum absolute atomic E-state index is 13.3. The van der Waals surface area contributed by atoms with E-state index in [1.807, 2.05) is 18.2 Å². The Kier molecular flexibility index (Phi) is 5.75. The molecule has 7 nitrogen and oxygen atoms in total. The molecule has 0 unspecified atom stereocenters. The molecule has 0 spiro atoms. The van der Waals surface area contributed by atoms with Crippen molar-refractivity contribution in [1.29, 1.82) is 0 Å². The summed E-state index contributed by atoms with van der Waals surface area (Å²) >= 11 is 6.01. The molecule has 1 saturated heterocycles. The van der Waals surface area contributed by atoms with Crippen LogP contribution in [0.25, 0.3) is 0 Å². The van der Waals surface area contributed by atoms with Gasteiger partial charge in [-0.2, -0.15) is 0 Å². The predicted molar refractivity (Wildman–Crippen MR) is 98.8 cm³/mol. The number of carbonyl (C=O) groups is 1. The van der Waals surface area contributed by atoms with Crippen LogP contribution in [0.1, 0.15) is 0 Å². The quantitative estimate of drug-likeness (QED) is 0.576. The zero-order valence-corrected chi connectivity index (χ0v) is 15.1. The normalized spacial score (nSPS) is 14.1. The van der Waals surface area contributed by atoms with Gasteiger partial charge in [0.05, 0.1) is 4.92 Å². The number of benzene rings is 2. The fourth-order valence-electron chi connectivity index (χ4n) is 2.87. The van der Waals surface area contributed by atoms with Crippen LogP contribution in [-0.2, 0) is 4.79 Å². The molecule has 1 fully saturated rings. The lowest BCUT2D eigenvalue weighted by Gasteiger charge is -2.36. The molecule has 2 aromatic carbocycles. The van der Waals surface area contributed by atoms with Gasteiger partial charge in [-0.1, -0.05) is 17.7 Å². The van der Waals surface area contributed by atoms with E-state index in [9.17, 15) is 19.3 Å². The monoisotopic (exact) mass is 393 g/mol. The van der Waals surface area contributed by atoms with Gasteiger partial charge in [0.2, 0.25) is 5.75 Å². The highest BCUT2D eigenvalue weighted by molar-refractivity contribution is 6.30. The number of nitrogens with zero attached hydrogens (tertiary/aromatic N) is 3. The first-order valence-corrected chi connectivity index (χ1v) is 8.67. The summed E-state index contributed by atoms with van der Waals surface area (Å²) in [6, 6.07) is 10.4. The molecule has 142 valence electrons. The van der Waals surface area contributed by atoms with Crippen LogP contribution in [0.3, 0.4) is 0 Å². The Labute approximate surface area is 160 Å². The van der Waals surface area contributed by atoms with Crippen molar-refractivity contribution in [3.63, 3.8) is 0 Å². The smallest absolute Gasteiger partial charge is 0.311 e. The number of amides is 1. The predicted octanol–water partition coefficient (Wildman–Crippen LogP) is 3.11. The third kappa shape index (κ3) is 4.65. The van der Waals surface area contributed by atoms with Gasteiger partial charge in [0.15, 0.2) is 6.61 Å². The maximum atomic E-state index is 13.3. The molecule has 27 heavy (non-hydrogen) atoms. The molecular weight excluding hydrogens is 377 g/mol. The van der Waals surface area contributed by atoms with E-state index in [-0.39, 0.29) is 24.0 Å². The molecule has 0 aliphatic carbocycles. The first-order chi connectivity index (χ1) is 12.9. The number of anilines is 1. The number of hydrogen-bond donors (Lipinski definition) is 0. The van der Waals surface area contributed by atoms with E-state index in [4.69, 9.17) is 16.3 Å². The molecule has 0 bridgehead atoms. The Morgan fingerprint density at radius 2 is 1.93 bits per heavy atom. The molecule has 0 saturated carbocycles. The molecule has 3 rings (SSSR count). The lowest BCUT2D eigenvalue weighted by Crippen LogP contribution is -2.50. The molecule has 1 heterocycles. The molecule has 0 radical (unpaired) electrons. The fourth-order valence-corrected chi connectivity index (χ4v) is 3.06. The minimum Gasteiger partial charge on any atom is -0.477 e. The van der Waals surface area contributed by atoms with E-state index in [0.717, 1.165) is 23.9 Å². The second-order valence-corrected chi connectivity index (χ2v) is 6.44. The minimum atomic E-state index is -0.678. The number of nitro groups is 1. The summed E-state index contributed by atoms with van der Waals surface area (Å²) in [7, 11) is 0. The zero-order chi connectivity index (χ0) is 19.4. The first kappa shape index (κ1) is 18.9. The van der Waals surface area contributed by atoms with Gasteiger partial charge in [-0.25, -0.2) is 4.39 Å². The molecule has 0 atom stereocenters. The SMILES string of the molecule is O=C(COc1cc(F)ccc1[N+](=O)[O-])N1CCN(c2cccc(Cl)c2)CC1. The van der Waals surface area contributed by atoms with Gasteiger partial charge in [0.1, 0.15) is 5.82 Å². The van der Waals surface area contributed by atoms with Gasteiger partial charge in [-0.15, -0.1) is 0 Å². The molecular formula is C18H17ClFN3O4. The average molecular weight is 394 g/mol. The highest BCUT2D eigenvalue weighted by atomic mass is 35.5. The number of piperazine rings is 1. The van der Waals surface area contributed by atoms with Crippen molar-refractivity contribution < 1.29 is 18.8 Å². The first-order valence-electron chi connectivity index (χ1n) is 8.29. The van der Waals surface area contributed by atoms with Crippen LogP contribution >= 0.6 is 11.6 Å². The molecule has 2 aromatic rings. The summed E-state index contributed by atoms with van der Waals surface area (Å²) in [5.74, 6) is -1.23. The van der Waals surface area contributed by atoms with E-state index < -0.39 is 10.7 Å². The Bertz CT molecular complexity index is 856. The van der Waals surface area contributed by atoms with Gasteiger partial charge < -0.3 is 14.5 Å². The molecule has 1 aliphatic heterocycles. The number of ether oxygens (including phenoxy) is 1. The van der Waals surface area contributed by atoms with Crippen molar-refractivity contribution in [2.75, 3.05) is 37.7 Å². The number of halogens is 2. The molecule has 1 aliphatic rings. The summed E-state index contributed by atoms with van der Waals surface area (Å²) in [4.78, 5) is 26.4. The van der Waals surface area contributed by atoms with Gasteiger partial charge in [0.25, 0.3) is 5.91 Å². The van der Waals surface area contributed by atoms with E-state index in [0.29, 0.717) is 31.2 Å². The van der Waals surface area contributed by atoms with Crippen LogP contribution < -0.4 is 9.64 Å². The second-order valence-electron chi connectivity index (χ2n) is 6.01. The van der Waals surface area contributed by atoms with Crippen LogP contribution in [-0.4, -0.2) is 48.5 Å². The lowest BCUT2D eigenvalue weighted by molar-refractivity contribution is -0.385. The Balaban J connectivity index is 1.56. The fraction of sp³-hybridized carbons (Fsp3) is 0.278. The van der Waals surface area contributed by atoms with E-state index in [1.165, 1.54) is 0 Å². The van der Waals surface area contributed by atoms with Crippen molar-refractivity contribution in [2.45, 2.75) is 0 Å². The number of nitro benzene ring substituents is 1. The molecule has 9 heteroatoms. The largest absolute Gasteiger partial charge is 0.477 e. The lowest BCUT2D eigenvalue weighted by atomic mass is 10.2. The van der Waals surface area contributed by atoms with Crippen LogP contribution in [0.4, 0.5) is 15.8 Å². The van der Waals surface area contributed by atoms with Crippen molar-refractivity contribution in [1.82, 2.24) is 4.90 Å². The van der Waals surface area contributed by atoms with Crippen molar-refractivity contribution in [3.8, 4) is 5.75 Å². The van der Waals surface area contributed by atoms with E-state index in [1.54, 1.807) is 11.0 Å². The van der Waals surface area contributed by atoms with E-state index in [2.05, 4.69) is 4.90 Å². The summed E-state index contributed by atoms with van der Waals surface area (Å²) in [6.45, 7) is 1.85. The van der Waals surface area contributed by atoms with Crippen molar-refractivity contribution in [3.05, 3.63) is 63.4 Å². The Hall–Kier alpha value is -2.87. The molecule has 0 N–H and O–H groups in total. The van der Waals surface area contributed by atoms with Gasteiger partial charge in [-0.05, 0) is 24.3 Å². The number of carbonyl (C=O) groups excluding carboxylic acids is 1. The molecule has 1 amide bonds. The maximum Gasteiger partial charge on any atom is 0.311 e. The van der Waals surface area contributed by atoms with Gasteiger partial charge in [-0.3, -0.25) is 14.9 Å². The summed E-state index contributed by atoms with van der Waals surface area (Å²) in [6.07, 6.45) is 0. The van der Waals surface area contributed by atoms with Crippen LogP contribution in [0, 0.1) is 15.9 Å². The van der Waals surface area contributed by atoms with E-state index >= 15 is 0 Å². The standard InChI is InChI=1S/C18H17ClFN3O4/c19-13-2-1-3-15(10-13)21-6-8-22(9-7-21)18(24)12-27-17-11-14(20)4-5-16(17)23(25)26/h1-5,10-11H,6-9,12H2. The summed E-state index contributed by atoms with van der Waals surface area (Å²) in [5.41, 5.74) is 0.608. The highest BCUT2D eigenvalue weighted by Gasteiger charge is 2.23. The number of hydrogen-bond acceptors (Lipinski definition) is 5. The van der Waals surface area contributed by atoms with Crippen LogP contribution in [0.2, 0.25) is 5.02 Å². The van der Waals surface area contributed by atoms with Crippen LogP contribution in [0.15, 0.2) is 42.5 Å².